The van der Waals surface area contributed by atoms with Crippen LogP contribution in [0.5, 0.6) is 0 Å². The smallest absolute Gasteiger partial charge is 0.244 e. The third-order valence-electron chi connectivity index (χ3n) is 3.06. The minimum Gasteiger partial charge on any atom is -0.368 e. The van der Waals surface area contributed by atoms with Crippen molar-refractivity contribution < 1.29 is 0 Å². The van der Waals surface area contributed by atoms with E-state index in [9.17, 15) is 0 Å². The van der Waals surface area contributed by atoms with Crippen LogP contribution < -0.4 is 11.1 Å². The number of aromatic nitrogens is 3. The van der Waals surface area contributed by atoms with Crippen molar-refractivity contribution in [2.24, 2.45) is 0 Å². The van der Waals surface area contributed by atoms with Gasteiger partial charge in [-0.05, 0) is 25.3 Å². The van der Waals surface area contributed by atoms with Gasteiger partial charge in [-0.15, -0.1) is 5.10 Å². The molecule has 5 heteroatoms. The second kappa shape index (κ2) is 4.33. The summed E-state index contributed by atoms with van der Waals surface area (Å²) in [5.74, 6) is 1.10. The maximum atomic E-state index is 5.86. The van der Waals surface area contributed by atoms with E-state index < -0.39 is 0 Å². The van der Waals surface area contributed by atoms with Crippen molar-refractivity contribution >= 4 is 11.9 Å². The second-order valence-electron chi connectivity index (χ2n) is 4.86. The van der Waals surface area contributed by atoms with Crippen molar-refractivity contribution in [3.63, 3.8) is 0 Å². The zero-order valence-corrected chi connectivity index (χ0v) is 10.4. The molecule has 0 aliphatic heterocycles. The number of hydrogen-bond acceptors (Lipinski definition) is 4. The number of nitrogens with two attached hydrogens (primary N) is 1. The molecule has 0 bridgehead atoms. The summed E-state index contributed by atoms with van der Waals surface area (Å²) in [7, 11) is 0. The maximum Gasteiger partial charge on any atom is 0.244 e. The number of nitrogen functional groups attached to an aromatic ring is 1. The summed E-state index contributed by atoms with van der Waals surface area (Å²) >= 11 is 0. The Morgan fingerprint density at radius 2 is 2.06 bits per heavy atom. The van der Waals surface area contributed by atoms with Crippen LogP contribution in [0.25, 0.3) is 0 Å². The summed E-state index contributed by atoms with van der Waals surface area (Å²) in [6, 6.07) is 8.90. The van der Waals surface area contributed by atoms with Gasteiger partial charge in [0.25, 0.3) is 0 Å². The third kappa shape index (κ3) is 2.45. The first-order valence-electron chi connectivity index (χ1n) is 6.23. The first-order chi connectivity index (χ1) is 8.70. The van der Waals surface area contributed by atoms with Crippen LogP contribution in [-0.4, -0.2) is 20.8 Å². The average Bonchev–Trinajstić information content (AvgIpc) is 3.08. The Balaban J connectivity index is 1.74. The summed E-state index contributed by atoms with van der Waals surface area (Å²) in [6.45, 7) is 2.73. The molecule has 0 spiro atoms. The van der Waals surface area contributed by atoms with Gasteiger partial charge in [-0.2, -0.15) is 4.98 Å². The molecule has 1 fully saturated rings. The summed E-state index contributed by atoms with van der Waals surface area (Å²) in [4.78, 5) is 4.22. The van der Waals surface area contributed by atoms with Crippen molar-refractivity contribution in [3.05, 3.63) is 35.4 Å². The number of hydrogen-bond donors (Lipinski definition) is 2. The van der Waals surface area contributed by atoms with Crippen LogP contribution in [0.3, 0.4) is 0 Å². The highest BCUT2D eigenvalue weighted by molar-refractivity contribution is 5.34. The van der Waals surface area contributed by atoms with Crippen LogP contribution >= 0.6 is 0 Å². The standard InChI is InChI=1S/C13H17N5/c1-9-2-4-10(5-3-9)8-18-12(14)16-13(17-18)15-11-6-7-11/h2-5,11H,6-8H2,1H3,(H3,14,15,16,17). The molecule has 1 heterocycles. The molecule has 3 N–H and O–H groups in total. The SMILES string of the molecule is Cc1ccc(Cn2nc(NC3CC3)nc2N)cc1. The fourth-order valence-corrected chi connectivity index (χ4v) is 1.81. The fraction of sp³-hybridized carbons (Fsp3) is 0.385. The molecule has 1 aromatic carbocycles. The Kier molecular flexibility index (Phi) is 2.66. The zero-order valence-electron chi connectivity index (χ0n) is 10.4. The number of aryl methyl sites for hydroxylation is 1. The summed E-state index contributed by atoms with van der Waals surface area (Å²) in [5, 5.41) is 7.63. The Bertz CT molecular complexity index is 539. The van der Waals surface area contributed by atoms with Gasteiger partial charge >= 0.3 is 0 Å². The van der Waals surface area contributed by atoms with E-state index in [4.69, 9.17) is 5.73 Å². The van der Waals surface area contributed by atoms with E-state index in [1.165, 1.54) is 24.0 Å². The van der Waals surface area contributed by atoms with Crippen molar-refractivity contribution in [2.75, 3.05) is 11.1 Å². The van der Waals surface area contributed by atoms with E-state index in [0.29, 0.717) is 24.5 Å². The normalized spacial score (nSPS) is 14.7. The number of nitrogens with zero attached hydrogens (tertiary/aromatic N) is 3. The molecule has 0 radical (unpaired) electrons. The first-order valence-corrected chi connectivity index (χ1v) is 6.23. The van der Waals surface area contributed by atoms with Crippen LogP contribution in [0, 0.1) is 6.92 Å². The van der Waals surface area contributed by atoms with Gasteiger partial charge in [0.1, 0.15) is 0 Å². The molecule has 5 nitrogen and oxygen atoms in total. The van der Waals surface area contributed by atoms with E-state index in [1.54, 1.807) is 4.68 Å². The monoisotopic (exact) mass is 243 g/mol. The van der Waals surface area contributed by atoms with Gasteiger partial charge in [-0.3, -0.25) is 0 Å². The first kappa shape index (κ1) is 11.1. The van der Waals surface area contributed by atoms with Crippen molar-refractivity contribution in [2.45, 2.75) is 32.4 Å². The second-order valence-corrected chi connectivity index (χ2v) is 4.86. The van der Waals surface area contributed by atoms with E-state index in [-0.39, 0.29) is 0 Å². The lowest BCUT2D eigenvalue weighted by atomic mass is 10.1. The molecule has 18 heavy (non-hydrogen) atoms. The maximum absolute atomic E-state index is 5.86. The van der Waals surface area contributed by atoms with Crippen molar-refractivity contribution in [3.8, 4) is 0 Å². The Morgan fingerprint density at radius 1 is 1.33 bits per heavy atom. The molecule has 2 aromatic rings. The number of anilines is 2. The summed E-state index contributed by atoms with van der Waals surface area (Å²) < 4.78 is 1.73. The Morgan fingerprint density at radius 3 is 2.72 bits per heavy atom. The van der Waals surface area contributed by atoms with Crippen LogP contribution in [-0.2, 0) is 6.54 Å². The number of benzene rings is 1. The van der Waals surface area contributed by atoms with E-state index in [0.717, 1.165) is 0 Å². The molecular formula is C13H17N5. The predicted molar refractivity (Wildman–Crippen MR) is 71.4 cm³/mol. The number of rotatable bonds is 4. The van der Waals surface area contributed by atoms with E-state index in [1.807, 2.05) is 0 Å². The van der Waals surface area contributed by atoms with Crippen molar-refractivity contribution in [1.82, 2.24) is 14.8 Å². The van der Waals surface area contributed by atoms with Crippen LogP contribution in [0.4, 0.5) is 11.9 Å². The molecule has 1 aliphatic carbocycles. The molecular weight excluding hydrogens is 226 g/mol. The lowest BCUT2D eigenvalue weighted by molar-refractivity contribution is 0.697. The molecule has 1 aromatic heterocycles. The molecule has 0 atom stereocenters. The average molecular weight is 243 g/mol. The summed E-state index contributed by atoms with van der Waals surface area (Å²) in [6.07, 6.45) is 2.40. The van der Waals surface area contributed by atoms with Crippen LogP contribution in [0.15, 0.2) is 24.3 Å². The lowest BCUT2D eigenvalue weighted by Crippen LogP contribution is -2.07. The van der Waals surface area contributed by atoms with E-state index in [2.05, 4.69) is 46.6 Å². The quantitative estimate of drug-likeness (QED) is 0.859. The third-order valence-corrected chi connectivity index (χ3v) is 3.06. The van der Waals surface area contributed by atoms with Crippen LogP contribution in [0.1, 0.15) is 24.0 Å². The summed E-state index contributed by atoms with van der Waals surface area (Å²) in [5.41, 5.74) is 8.29. The van der Waals surface area contributed by atoms with Gasteiger partial charge in [-0.1, -0.05) is 29.8 Å². The molecule has 1 aliphatic rings. The Hall–Kier alpha value is -2.04. The molecule has 0 unspecified atom stereocenters. The molecule has 0 amide bonds. The van der Waals surface area contributed by atoms with Gasteiger partial charge < -0.3 is 11.1 Å². The predicted octanol–water partition coefficient (Wildman–Crippen LogP) is 1.79. The van der Waals surface area contributed by atoms with Gasteiger partial charge in [0, 0.05) is 6.04 Å². The lowest BCUT2D eigenvalue weighted by Gasteiger charge is -2.03. The number of nitrogens with one attached hydrogen (secondary N) is 1. The van der Waals surface area contributed by atoms with E-state index >= 15 is 0 Å². The fourth-order valence-electron chi connectivity index (χ4n) is 1.81. The van der Waals surface area contributed by atoms with Gasteiger partial charge in [0.15, 0.2) is 0 Å². The Labute approximate surface area is 106 Å². The van der Waals surface area contributed by atoms with Gasteiger partial charge in [0.2, 0.25) is 11.9 Å². The van der Waals surface area contributed by atoms with Gasteiger partial charge in [-0.25, -0.2) is 4.68 Å². The molecule has 1 saturated carbocycles. The molecule has 94 valence electrons. The minimum absolute atomic E-state index is 0.457. The zero-order chi connectivity index (χ0) is 12.5. The highest BCUT2D eigenvalue weighted by atomic mass is 15.4. The molecule has 3 rings (SSSR count). The topological polar surface area (TPSA) is 68.8 Å². The largest absolute Gasteiger partial charge is 0.368 e. The van der Waals surface area contributed by atoms with Crippen LogP contribution in [0.2, 0.25) is 0 Å². The molecule has 0 saturated heterocycles. The minimum atomic E-state index is 0.457. The highest BCUT2D eigenvalue weighted by Gasteiger charge is 2.22. The highest BCUT2D eigenvalue weighted by Crippen LogP contribution is 2.23. The van der Waals surface area contributed by atoms with Crippen molar-refractivity contribution in [1.29, 1.82) is 0 Å². The van der Waals surface area contributed by atoms with Gasteiger partial charge in [0.05, 0.1) is 6.54 Å².